The first-order chi connectivity index (χ1) is 12.1. The predicted molar refractivity (Wildman–Crippen MR) is 94.4 cm³/mol. The summed E-state index contributed by atoms with van der Waals surface area (Å²) in [4.78, 5) is 23.5. The van der Waals surface area contributed by atoms with Gasteiger partial charge in [0.1, 0.15) is 17.8 Å². The third-order valence-electron chi connectivity index (χ3n) is 4.66. The first-order valence-corrected chi connectivity index (χ1v) is 8.42. The average Bonchev–Trinajstić information content (AvgIpc) is 3.21. The van der Waals surface area contributed by atoms with Gasteiger partial charge in [-0.25, -0.2) is 9.97 Å². The molecule has 0 aliphatic carbocycles. The molecule has 0 radical (unpaired) electrons. The molecule has 0 spiro atoms. The quantitative estimate of drug-likeness (QED) is 0.773. The number of piperidine rings is 1. The largest absolute Gasteiger partial charge is 0.354 e. The Morgan fingerprint density at radius 2 is 2.20 bits per heavy atom. The Labute approximate surface area is 145 Å². The fourth-order valence-corrected chi connectivity index (χ4v) is 3.41. The average molecular weight is 339 g/mol. The van der Waals surface area contributed by atoms with Gasteiger partial charge in [0.05, 0.1) is 17.1 Å². The highest BCUT2D eigenvalue weighted by molar-refractivity contribution is 5.94. The van der Waals surface area contributed by atoms with E-state index in [0.29, 0.717) is 5.56 Å². The van der Waals surface area contributed by atoms with Crippen molar-refractivity contribution in [2.75, 3.05) is 18.0 Å². The molecule has 1 atom stereocenters. The Kier molecular flexibility index (Phi) is 3.87. The third kappa shape index (κ3) is 2.95. The van der Waals surface area contributed by atoms with Gasteiger partial charge in [0, 0.05) is 45.6 Å². The highest BCUT2D eigenvalue weighted by Crippen LogP contribution is 2.26. The van der Waals surface area contributed by atoms with Crippen LogP contribution in [0.4, 0.5) is 5.82 Å². The second-order valence-corrected chi connectivity index (χ2v) is 6.52. The van der Waals surface area contributed by atoms with Crippen LogP contribution < -0.4 is 10.2 Å². The fourth-order valence-electron chi connectivity index (χ4n) is 3.41. The van der Waals surface area contributed by atoms with E-state index in [0.717, 1.165) is 42.8 Å². The van der Waals surface area contributed by atoms with Gasteiger partial charge in [-0.1, -0.05) is 0 Å². The first-order valence-electron chi connectivity index (χ1n) is 8.42. The normalized spacial score (nSPS) is 17.8. The highest BCUT2D eigenvalue weighted by atomic mass is 16.1. The van der Waals surface area contributed by atoms with Gasteiger partial charge in [-0.2, -0.15) is 5.10 Å². The van der Waals surface area contributed by atoms with Crippen molar-refractivity contribution >= 4 is 22.8 Å². The van der Waals surface area contributed by atoms with Crippen LogP contribution in [-0.2, 0) is 14.1 Å². The van der Waals surface area contributed by atoms with E-state index in [1.165, 1.54) is 0 Å². The van der Waals surface area contributed by atoms with Crippen molar-refractivity contribution in [1.29, 1.82) is 0 Å². The van der Waals surface area contributed by atoms with Crippen molar-refractivity contribution in [2.24, 2.45) is 14.1 Å². The zero-order chi connectivity index (χ0) is 17.4. The van der Waals surface area contributed by atoms with Crippen molar-refractivity contribution in [3.63, 3.8) is 0 Å². The number of carbonyl (C=O) groups is 1. The summed E-state index contributed by atoms with van der Waals surface area (Å²) in [5.74, 6) is 0.860. The molecule has 130 valence electrons. The van der Waals surface area contributed by atoms with Crippen LogP contribution in [0.2, 0.25) is 0 Å². The number of nitrogens with zero attached hydrogens (tertiary/aromatic N) is 6. The molecular formula is C17H21N7O. The van der Waals surface area contributed by atoms with Crippen LogP contribution in [0.15, 0.2) is 31.0 Å². The van der Waals surface area contributed by atoms with E-state index in [-0.39, 0.29) is 11.9 Å². The SMILES string of the molecule is Cn1cc(C(=O)NC2CCCN(c3ncnc4c3ccn4C)C2)cn1. The van der Waals surface area contributed by atoms with E-state index in [1.54, 1.807) is 30.5 Å². The molecule has 1 saturated heterocycles. The number of carbonyl (C=O) groups excluding carboxylic acids is 1. The Balaban J connectivity index is 1.51. The summed E-state index contributed by atoms with van der Waals surface area (Å²) in [7, 11) is 3.78. The summed E-state index contributed by atoms with van der Waals surface area (Å²) in [6.45, 7) is 1.67. The number of aromatic nitrogens is 5. The van der Waals surface area contributed by atoms with E-state index in [4.69, 9.17) is 0 Å². The maximum atomic E-state index is 12.4. The zero-order valence-electron chi connectivity index (χ0n) is 14.4. The predicted octanol–water partition coefficient (Wildman–Crippen LogP) is 1.10. The lowest BCUT2D eigenvalue weighted by molar-refractivity contribution is 0.0933. The summed E-state index contributed by atoms with van der Waals surface area (Å²) in [5, 5.41) is 8.22. The van der Waals surface area contributed by atoms with Gasteiger partial charge in [0.15, 0.2) is 0 Å². The number of anilines is 1. The number of fused-ring (bicyclic) bond motifs is 1. The molecule has 0 saturated carbocycles. The lowest BCUT2D eigenvalue weighted by Crippen LogP contribution is -2.48. The smallest absolute Gasteiger partial charge is 0.254 e. The molecule has 1 fully saturated rings. The van der Waals surface area contributed by atoms with E-state index in [1.807, 2.05) is 23.9 Å². The fraction of sp³-hybridized carbons (Fsp3) is 0.412. The van der Waals surface area contributed by atoms with Crippen LogP contribution in [0.3, 0.4) is 0 Å². The summed E-state index contributed by atoms with van der Waals surface area (Å²) in [5.41, 5.74) is 1.51. The maximum absolute atomic E-state index is 12.4. The van der Waals surface area contributed by atoms with Crippen LogP contribution in [0.1, 0.15) is 23.2 Å². The Bertz CT molecular complexity index is 913. The molecule has 0 bridgehead atoms. The van der Waals surface area contributed by atoms with Crippen molar-refractivity contribution in [3.8, 4) is 0 Å². The number of amides is 1. The van der Waals surface area contributed by atoms with E-state index < -0.39 is 0 Å². The molecule has 1 unspecified atom stereocenters. The topological polar surface area (TPSA) is 80.9 Å². The molecule has 1 aliphatic heterocycles. The molecule has 1 N–H and O–H groups in total. The molecule has 4 heterocycles. The first kappa shape index (κ1) is 15.6. The monoisotopic (exact) mass is 339 g/mol. The molecule has 25 heavy (non-hydrogen) atoms. The Hall–Kier alpha value is -2.90. The molecule has 1 aliphatic rings. The van der Waals surface area contributed by atoms with Crippen LogP contribution in [-0.4, -0.2) is 49.4 Å². The number of nitrogens with one attached hydrogen (secondary N) is 1. The van der Waals surface area contributed by atoms with Gasteiger partial charge in [-0.05, 0) is 18.9 Å². The van der Waals surface area contributed by atoms with E-state index in [2.05, 4.69) is 25.3 Å². The zero-order valence-corrected chi connectivity index (χ0v) is 14.4. The van der Waals surface area contributed by atoms with Crippen LogP contribution in [0.25, 0.3) is 11.0 Å². The second kappa shape index (κ2) is 6.19. The van der Waals surface area contributed by atoms with Crippen LogP contribution in [0, 0.1) is 0 Å². The number of aryl methyl sites for hydroxylation is 2. The molecule has 8 nitrogen and oxygen atoms in total. The van der Waals surface area contributed by atoms with Gasteiger partial charge in [-0.3, -0.25) is 9.48 Å². The molecule has 4 rings (SSSR count). The van der Waals surface area contributed by atoms with E-state index >= 15 is 0 Å². The minimum absolute atomic E-state index is 0.0764. The van der Waals surface area contributed by atoms with Crippen molar-refractivity contribution in [2.45, 2.75) is 18.9 Å². The molecule has 3 aromatic heterocycles. The molecular weight excluding hydrogens is 318 g/mol. The van der Waals surface area contributed by atoms with Gasteiger partial charge in [0.25, 0.3) is 5.91 Å². The van der Waals surface area contributed by atoms with E-state index in [9.17, 15) is 4.79 Å². The van der Waals surface area contributed by atoms with Gasteiger partial charge in [0.2, 0.25) is 0 Å². The number of hydrogen-bond acceptors (Lipinski definition) is 5. The summed E-state index contributed by atoms with van der Waals surface area (Å²) >= 11 is 0. The summed E-state index contributed by atoms with van der Waals surface area (Å²) in [6, 6.07) is 2.14. The molecule has 3 aromatic rings. The van der Waals surface area contributed by atoms with Crippen molar-refractivity contribution in [1.82, 2.24) is 29.6 Å². The van der Waals surface area contributed by atoms with Crippen molar-refractivity contribution in [3.05, 3.63) is 36.5 Å². The lowest BCUT2D eigenvalue weighted by Gasteiger charge is -2.34. The van der Waals surface area contributed by atoms with Crippen LogP contribution >= 0.6 is 0 Å². The molecule has 8 heteroatoms. The third-order valence-corrected chi connectivity index (χ3v) is 4.66. The number of hydrogen-bond donors (Lipinski definition) is 1. The summed E-state index contributed by atoms with van der Waals surface area (Å²) < 4.78 is 3.63. The Morgan fingerprint density at radius 1 is 1.32 bits per heavy atom. The maximum Gasteiger partial charge on any atom is 0.254 e. The summed E-state index contributed by atoms with van der Waals surface area (Å²) in [6.07, 6.45) is 8.90. The van der Waals surface area contributed by atoms with Crippen molar-refractivity contribution < 1.29 is 4.79 Å². The standard InChI is InChI=1S/C17H21N7O/c1-22-7-5-14-15(22)18-11-19-16(14)24-6-3-4-13(10-24)21-17(25)12-8-20-23(2)9-12/h5,7-9,11,13H,3-4,6,10H2,1-2H3,(H,21,25). The second-order valence-electron chi connectivity index (χ2n) is 6.52. The molecule has 1 amide bonds. The highest BCUT2D eigenvalue weighted by Gasteiger charge is 2.24. The minimum Gasteiger partial charge on any atom is -0.354 e. The minimum atomic E-state index is -0.0764. The van der Waals surface area contributed by atoms with Gasteiger partial charge >= 0.3 is 0 Å². The van der Waals surface area contributed by atoms with Gasteiger partial charge in [-0.15, -0.1) is 0 Å². The molecule has 0 aromatic carbocycles. The van der Waals surface area contributed by atoms with Gasteiger partial charge < -0.3 is 14.8 Å². The Morgan fingerprint density at radius 3 is 3.00 bits per heavy atom. The lowest BCUT2D eigenvalue weighted by atomic mass is 10.0. The van der Waals surface area contributed by atoms with Crippen LogP contribution in [0.5, 0.6) is 0 Å². The number of rotatable bonds is 3.